The van der Waals surface area contributed by atoms with Crippen molar-refractivity contribution in [2.45, 2.75) is 20.5 Å². The second-order valence-corrected chi connectivity index (χ2v) is 6.98. The SMILES string of the molecule is CCOc1ccc(COc2cccc(/C=C/C(=O)c3ccccc3[N+](=O)[O-])c2)cc1OCC. The maximum absolute atomic E-state index is 12.5. The van der Waals surface area contributed by atoms with Gasteiger partial charge in [0.15, 0.2) is 17.3 Å². The van der Waals surface area contributed by atoms with Gasteiger partial charge in [0.05, 0.1) is 23.7 Å². The number of rotatable bonds is 11. The lowest BCUT2D eigenvalue weighted by molar-refractivity contribution is -0.385. The van der Waals surface area contributed by atoms with Crippen LogP contribution in [0.25, 0.3) is 6.08 Å². The molecule has 33 heavy (non-hydrogen) atoms. The Kier molecular flexibility index (Phi) is 8.18. The van der Waals surface area contributed by atoms with Gasteiger partial charge in [0, 0.05) is 6.07 Å². The summed E-state index contributed by atoms with van der Waals surface area (Å²) in [6.07, 6.45) is 2.93. The van der Waals surface area contributed by atoms with E-state index >= 15 is 0 Å². The molecule has 7 heteroatoms. The number of benzene rings is 3. The maximum Gasteiger partial charge on any atom is 0.280 e. The Morgan fingerprint density at radius 2 is 1.67 bits per heavy atom. The zero-order valence-corrected chi connectivity index (χ0v) is 18.5. The molecule has 0 aromatic heterocycles. The summed E-state index contributed by atoms with van der Waals surface area (Å²) < 4.78 is 17.1. The molecule has 0 amide bonds. The van der Waals surface area contributed by atoms with Crippen LogP contribution in [0.5, 0.6) is 17.2 Å². The molecule has 7 nitrogen and oxygen atoms in total. The van der Waals surface area contributed by atoms with Gasteiger partial charge >= 0.3 is 0 Å². The number of ether oxygens (including phenoxy) is 3. The Morgan fingerprint density at radius 3 is 2.42 bits per heavy atom. The topological polar surface area (TPSA) is 87.9 Å². The van der Waals surface area contributed by atoms with E-state index in [0.29, 0.717) is 37.1 Å². The second kappa shape index (κ2) is 11.5. The first-order chi connectivity index (χ1) is 16.0. The van der Waals surface area contributed by atoms with Crippen molar-refractivity contribution in [3.63, 3.8) is 0 Å². The summed E-state index contributed by atoms with van der Waals surface area (Å²) in [4.78, 5) is 23.0. The number of allylic oxidation sites excluding steroid dienone is 1. The minimum absolute atomic E-state index is 0.0479. The fraction of sp³-hybridized carbons (Fsp3) is 0.192. The summed E-state index contributed by atoms with van der Waals surface area (Å²) in [5.41, 5.74) is 1.49. The zero-order valence-electron chi connectivity index (χ0n) is 18.5. The molecule has 3 rings (SSSR count). The summed E-state index contributed by atoms with van der Waals surface area (Å²) in [7, 11) is 0. The van der Waals surface area contributed by atoms with Crippen LogP contribution in [0.4, 0.5) is 5.69 Å². The summed E-state index contributed by atoms with van der Waals surface area (Å²) in [5, 5.41) is 11.1. The predicted molar refractivity (Wildman–Crippen MR) is 126 cm³/mol. The minimum Gasteiger partial charge on any atom is -0.490 e. The third kappa shape index (κ3) is 6.43. The summed E-state index contributed by atoms with van der Waals surface area (Å²) in [6, 6.07) is 18.8. The number of hydrogen-bond donors (Lipinski definition) is 0. The number of nitrogens with zero attached hydrogens (tertiary/aromatic N) is 1. The fourth-order valence-corrected chi connectivity index (χ4v) is 3.16. The van der Waals surface area contributed by atoms with E-state index in [9.17, 15) is 14.9 Å². The highest BCUT2D eigenvalue weighted by molar-refractivity contribution is 6.09. The molecule has 0 bridgehead atoms. The van der Waals surface area contributed by atoms with Crippen LogP contribution in [-0.2, 0) is 6.61 Å². The minimum atomic E-state index is -0.562. The van der Waals surface area contributed by atoms with E-state index in [1.54, 1.807) is 18.2 Å². The van der Waals surface area contributed by atoms with E-state index in [2.05, 4.69) is 0 Å². The van der Waals surface area contributed by atoms with E-state index < -0.39 is 10.7 Å². The van der Waals surface area contributed by atoms with Gasteiger partial charge in [0.2, 0.25) is 0 Å². The van der Waals surface area contributed by atoms with Gasteiger partial charge in [-0.2, -0.15) is 0 Å². The first-order valence-electron chi connectivity index (χ1n) is 10.6. The van der Waals surface area contributed by atoms with E-state index in [1.165, 1.54) is 24.3 Å². The molecule has 3 aromatic carbocycles. The fourth-order valence-electron chi connectivity index (χ4n) is 3.16. The lowest BCUT2D eigenvalue weighted by Gasteiger charge is -2.13. The molecular formula is C26H25NO6. The maximum atomic E-state index is 12.5. The average Bonchev–Trinajstić information content (AvgIpc) is 2.83. The number of carbonyl (C=O) groups is 1. The van der Waals surface area contributed by atoms with Crippen LogP contribution in [0.15, 0.2) is 72.8 Å². The molecule has 0 radical (unpaired) electrons. The van der Waals surface area contributed by atoms with Gasteiger partial charge in [-0.15, -0.1) is 0 Å². The van der Waals surface area contributed by atoms with Crippen LogP contribution < -0.4 is 14.2 Å². The summed E-state index contributed by atoms with van der Waals surface area (Å²) in [6.45, 7) is 5.25. The van der Waals surface area contributed by atoms with Crippen molar-refractivity contribution in [1.82, 2.24) is 0 Å². The Labute approximate surface area is 192 Å². The highest BCUT2D eigenvalue weighted by atomic mass is 16.6. The molecule has 0 N–H and O–H groups in total. The first kappa shape index (κ1) is 23.5. The van der Waals surface area contributed by atoms with E-state index in [4.69, 9.17) is 14.2 Å². The molecule has 0 fully saturated rings. The van der Waals surface area contributed by atoms with Crippen molar-refractivity contribution in [3.05, 3.63) is 99.6 Å². The van der Waals surface area contributed by atoms with Crippen molar-refractivity contribution < 1.29 is 23.9 Å². The Hall–Kier alpha value is -4.13. The van der Waals surface area contributed by atoms with E-state index in [1.807, 2.05) is 50.2 Å². The van der Waals surface area contributed by atoms with Crippen LogP contribution in [0.1, 0.15) is 35.3 Å². The molecule has 170 valence electrons. The molecule has 0 unspecified atom stereocenters. The molecule has 0 saturated carbocycles. The van der Waals surface area contributed by atoms with Crippen LogP contribution >= 0.6 is 0 Å². The van der Waals surface area contributed by atoms with E-state index in [-0.39, 0.29) is 11.3 Å². The number of nitro groups is 1. The molecule has 0 spiro atoms. The highest BCUT2D eigenvalue weighted by Crippen LogP contribution is 2.29. The van der Waals surface area contributed by atoms with Crippen LogP contribution in [0.3, 0.4) is 0 Å². The van der Waals surface area contributed by atoms with Gasteiger partial charge in [0.25, 0.3) is 5.69 Å². The molecular weight excluding hydrogens is 422 g/mol. The van der Waals surface area contributed by atoms with Crippen molar-refractivity contribution in [2.75, 3.05) is 13.2 Å². The predicted octanol–water partition coefficient (Wildman–Crippen LogP) is 5.87. The van der Waals surface area contributed by atoms with Crippen molar-refractivity contribution in [1.29, 1.82) is 0 Å². The van der Waals surface area contributed by atoms with Crippen LogP contribution in [-0.4, -0.2) is 23.9 Å². The van der Waals surface area contributed by atoms with Gasteiger partial charge in [-0.25, -0.2) is 0 Å². The Bertz CT molecular complexity index is 1160. The summed E-state index contributed by atoms with van der Waals surface area (Å²) in [5.74, 6) is 1.55. The normalized spacial score (nSPS) is 10.7. The number of nitro benzene ring substituents is 1. The van der Waals surface area contributed by atoms with Crippen molar-refractivity contribution in [2.24, 2.45) is 0 Å². The lowest BCUT2D eigenvalue weighted by Crippen LogP contribution is -2.01. The molecule has 0 aliphatic rings. The molecule has 0 aliphatic carbocycles. The van der Waals surface area contributed by atoms with Gasteiger partial charge in [0.1, 0.15) is 12.4 Å². The van der Waals surface area contributed by atoms with Gasteiger partial charge in [-0.1, -0.05) is 36.4 Å². The molecule has 0 heterocycles. The van der Waals surface area contributed by atoms with Crippen LogP contribution in [0.2, 0.25) is 0 Å². The van der Waals surface area contributed by atoms with E-state index in [0.717, 1.165) is 11.1 Å². The smallest absolute Gasteiger partial charge is 0.280 e. The third-order valence-electron chi connectivity index (χ3n) is 4.66. The average molecular weight is 447 g/mol. The molecule has 0 aliphatic heterocycles. The molecule has 0 saturated heterocycles. The zero-order chi connectivity index (χ0) is 23.6. The summed E-state index contributed by atoms with van der Waals surface area (Å²) >= 11 is 0. The Balaban J connectivity index is 1.69. The number of hydrogen-bond acceptors (Lipinski definition) is 6. The molecule has 0 atom stereocenters. The van der Waals surface area contributed by atoms with Gasteiger partial charge in [-0.05, 0) is 61.4 Å². The quantitative estimate of drug-likeness (QED) is 0.158. The van der Waals surface area contributed by atoms with Gasteiger partial charge in [-0.3, -0.25) is 14.9 Å². The van der Waals surface area contributed by atoms with Crippen LogP contribution in [0, 0.1) is 10.1 Å². The number of ketones is 1. The standard InChI is InChI=1S/C26H25NO6/c1-3-31-25-15-13-20(17-26(25)32-4-2)18-33-21-9-7-8-19(16-21)12-14-24(28)22-10-5-6-11-23(22)27(29)30/h5-17H,3-4,18H2,1-2H3/b14-12+. The van der Waals surface area contributed by atoms with Crippen molar-refractivity contribution >= 4 is 17.5 Å². The Morgan fingerprint density at radius 1 is 0.909 bits per heavy atom. The largest absolute Gasteiger partial charge is 0.490 e. The number of carbonyl (C=O) groups excluding carboxylic acids is 1. The molecule has 3 aromatic rings. The third-order valence-corrected chi connectivity index (χ3v) is 4.66. The number of para-hydroxylation sites is 1. The second-order valence-electron chi connectivity index (χ2n) is 6.98. The van der Waals surface area contributed by atoms with Gasteiger partial charge < -0.3 is 14.2 Å². The lowest BCUT2D eigenvalue weighted by atomic mass is 10.1. The van der Waals surface area contributed by atoms with Crippen molar-refractivity contribution in [3.8, 4) is 17.2 Å². The highest BCUT2D eigenvalue weighted by Gasteiger charge is 2.16. The first-order valence-corrected chi connectivity index (χ1v) is 10.6. The monoisotopic (exact) mass is 447 g/mol.